The Balaban J connectivity index is 0.00000320. The normalized spacial score (nSPS) is 20.9. The number of furan rings is 1. The van der Waals surface area contributed by atoms with E-state index in [9.17, 15) is 0 Å². The summed E-state index contributed by atoms with van der Waals surface area (Å²) in [6.45, 7) is 11.0. The second-order valence-electron chi connectivity index (χ2n) is 7.92. The van der Waals surface area contributed by atoms with E-state index in [0.29, 0.717) is 19.3 Å². The lowest BCUT2D eigenvalue weighted by Gasteiger charge is -2.24. The van der Waals surface area contributed by atoms with Gasteiger partial charge >= 0.3 is 0 Å². The number of nitrogens with zero attached hydrogens (tertiary/aromatic N) is 2. The third-order valence-electron chi connectivity index (χ3n) is 5.52. The van der Waals surface area contributed by atoms with Crippen LogP contribution in [-0.4, -0.2) is 69.5 Å². The lowest BCUT2D eigenvalue weighted by atomic mass is 10.2. The number of aliphatic imine (C=N–C) groups is 1. The summed E-state index contributed by atoms with van der Waals surface area (Å²) in [5.74, 6) is 2.84. The third kappa shape index (κ3) is 8.36. The number of hydrogen-bond acceptors (Lipinski definition) is 5. The first kappa shape index (κ1) is 25.4. The van der Waals surface area contributed by atoms with E-state index < -0.39 is 0 Å². The average molecular weight is 534 g/mol. The molecule has 3 rings (SSSR count). The molecule has 0 amide bonds. The summed E-state index contributed by atoms with van der Waals surface area (Å²) < 4.78 is 17.3. The second-order valence-corrected chi connectivity index (χ2v) is 7.92. The third-order valence-corrected chi connectivity index (χ3v) is 5.52. The molecule has 7 nitrogen and oxygen atoms in total. The molecule has 0 spiro atoms. The number of likely N-dealkylation sites (tertiary alicyclic amines) is 1. The van der Waals surface area contributed by atoms with Crippen molar-refractivity contribution in [1.29, 1.82) is 0 Å². The molecule has 2 aliphatic rings. The molecular formula is C22H39IN4O3. The zero-order valence-corrected chi connectivity index (χ0v) is 20.9. The SMILES string of the molecule is CCNC(=NCC(c1ccc(C)o1)N1CCCC1)NCCCOCC1CCCO1.I. The molecule has 8 heteroatoms. The van der Waals surface area contributed by atoms with E-state index in [4.69, 9.17) is 18.9 Å². The topological polar surface area (TPSA) is 71.3 Å². The molecule has 2 N–H and O–H groups in total. The first-order valence-corrected chi connectivity index (χ1v) is 11.3. The highest BCUT2D eigenvalue weighted by Crippen LogP contribution is 2.26. The van der Waals surface area contributed by atoms with Gasteiger partial charge in [-0.3, -0.25) is 9.89 Å². The van der Waals surface area contributed by atoms with E-state index in [1.54, 1.807) is 0 Å². The van der Waals surface area contributed by atoms with Gasteiger partial charge in [0.25, 0.3) is 0 Å². The van der Waals surface area contributed by atoms with Gasteiger partial charge in [-0.05, 0) is 71.2 Å². The molecule has 2 fully saturated rings. The number of rotatable bonds is 11. The average Bonchev–Trinajstić information content (AvgIpc) is 3.48. The second kappa shape index (κ2) is 14.3. The van der Waals surface area contributed by atoms with E-state index in [0.717, 1.165) is 76.1 Å². The van der Waals surface area contributed by atoms with Gasteiger partial charge in [0, 0.05) is 26.3 Å². The van der Waals surface area contributed by atoms with Crippen molar-refractivity contribution in [1.82, 2.24) is 15.5 Å². The van der Waals surface area contributed by atoms with E-state index in [1.807, 2.05) is 13.0 Å². The predicted molar refractivity (Wildman–Crippen MR) is 131 cm³/mol. The first-order chi connectivity index (χ1) is 14.3. The first-order valence-electron chi connectivity index (χ1n) is 11.3. The number of guanidine groups is 1. The van der Waals surface area contributed by atoms with Gasteiger partial charge in [-0.1, -0.05) is 0 Å². The van der Waals surface area contributed by atoms with Crippen LogP contribution in [0.25, 0.3) is 0 Å². The van der Waals surface area contributed by atoms with Crippen LogP contribution in [0.4, 0.5) is 0 Å². The highest BCUT2D eigenvalue weighted by molar-refractivity contribution is 14.0. The molecule has 0 saturated carbocycles. The van der Waals surface area contributed by atoms with Crippen LogP contribution in [0.3, 0.4) is 0 Å². The Morgan fingerprint density at radius 2 is 2.10 bits per heavy atom. The summed E-state index contributed by atoms with van der Waals surface area (Å²) in [4.78, 5) is 7.35. The van der Waals surface area contributed by atoms with Crippen LogP contribution in [0.1, 0.15) is 56.6 Å². The smallest absolute Gasteiger partial charge is 0.191 e. The Morgan fingerprint density at radius 1 is 1.27 bits per heavy atom. The molecule has 0 radical (unpaired) electrons. The van der Waals surface area contributed by atoms with E-state index >= 15 is 0 Å². The fourth-order valence-corrected chi connectivity index (χ4v) is 3.96. The van der Waals surface area contributed by atoms with Crippen LogP contribution in [0, 0.1) is 6.92 Å². The fourth-order valence-electron chi connectivity index (χ4n) is 3.96. The quantitative estimate of drug-likeness (QED) is 0.196. The Morgan fingerprint density at radius 3 is 2.77 bits per heavy atom. The van der Waals surface area contributed by atoms with E-state index in [2.05, 4.69) is 28.5 Å². The van der Waals surface area contributed by atoms with Crippen molar-refractivity contribution in [2.75, 3.05) is 52.5 Å². The minimum Gasteiger partial charge on any atom is -0.465 e. The summed E-state index contributed by atoms with van der Waals surface area (Å²) in [5, 5.41) is 6.78. The summed E-state index contributed by atoms with van der Waals surface area (Å²) in [6, 6.07) is 4.35. The Labute approximate surface area is 198 Å². The number of halogens is 1. The summed E-state index contributed by atoms with van der Waals surface area (Å²) >= 11 is 0. The summed E-state index contributed by atoms with van der Waals surface area (Å²) in [5.41, 5.74) is 0. The van der Waals surface area contributed by atoms with Gasteiger partial charge in [-0.15, -0.1) is 24.0 Å². The van der Waals surface area contributed by atoms with Crippen molar-refractivity contribution in [3.05, 3.63) is 23.7 Å². The lowest BCUT2D eigenvalue weighted by molar-refractivity contribution is 0.0168. The zero-order chi connectivity index (χ0) is 20.3. The van der Waals surface area contributed by atoms with Gasteiger partial charge < -0.3 is 24.5 Å². The standard InChI is InChI=1S/C22H38N4O3.HI/c1-3-23-22(24-11-7-14-27-17-19-8-6-15-28-19)25-16-20(26-12-4-5-13-26)21-10-9-18(2)29-21;/h9-10,19-20H,3-8,11-17H2,1-2H3,(H2,23,24,25);1H. The minimum atomic E-state index is 0. The predicted octanol–water partition coefficient (Wildman–Crippen LogP) is 3.48. The Hall–Kier alpha value is -0.840. The Kier molecular flexibility index (Phi) is 12.1. The fraction of sp³-hybridized carbons (Fsp3) is 0.773. The van der Waals surface area contributed by atoms with Gasteiger partial charge in [0.15, 0.2) is 5.96 Å². The van der Waals surface area contributed by atoms with Crippen LogP contribution in [0.2, 0.25) is 0 Å². The minimum absolute atomic E-state index is 0. The number of ether oxygens (including phenoxy) is 2. The van der Waals surface area contributed by atoms with Gasteiger partial charge in [0.2, 0.25) is 0 Å². The maximum absolute atomic E-state index is 5.94. The van der Waals surface area contributed by atoms with Crippen molar-refractivity contribution in [2.24, 2.45) is 4.99 Å². The molecule has 0 aromatic carbocycles. The van der Waals surface area contributed by atoms with Crippen LogP contribution in [0.15, 0.2) is 21.5 Å². The van der Waals surface area contributed by atoms with Crippen molar-refractivity contribution < 1.29 is 13.9 Å². The van der Waals surface area contributed by atoms with Gasteiger partial charge in [-0.2, -0.15) is 0 Å². The Bertz CT molecular complexity index is 613. The molecule has 2 atom stereocenters. The molecule has 172 valence electrons. The lowest BCUT2D eigenvalue weighted by Crippen LogP contribution is -2.39. The maximum atomic E-state index is 5.94. The summed E-state index contributed by atoms with van der Waals surface area (Å²) in [6.07, 6.45) is 6.05. The van der Waals surface area contributed by atoms with Crippen LogP contribution in [0.5, 0.6) is 0 Å². The van der Waals surface area contributed by atoms with Crippen LogP contribution >= 0.6 is 24.0 Å². The van der Waals surface area contributed by atoms with E-state index in [-0.39, 0.29) is 30.0 Å². The van der Waals surface area contributed by atoms with Gasteiger partial charge in [0.05, 0.1) is 25.3 Å². The molecule has 0 aliphatic carbocycles. The zero-order valence-electron chi connectivity index (χ0n) is 18.5. The van der Waals surface area contributed by atoms with Crippen LogP contribution in [-0.2, 0) is 9.47 Å². The van der Waals surface area contributed by atoms with E-state index in [1.165, 1.54) is 12.8 Å². The maximum Gasteiger partial charge on any atom is 0.191 e. The van der Waals surface area contributed by atoms with Gasteiger partial charge in [-0.25, -0.2) is 0 Å². The monoisotopic (exact) mass is 534 g/mol. The molecule has 1 aromatic heterocycles. The van der Waals surface area contributed by atoms with Crippen molar-refractivity contribution in [3.8, 4) is 0 Å². The molecular weight excluding hydrogens is 495 g/mol. The molecule has 1 aromatic rings. The summed E-state index contributed by atoms with van der Waals surface area (Å²) in [7, 11) is 0. The van der Waals surface area contributed by atoms with Gasteiger partial charge in [0.1, 0.15) is 11.5 Å². The molecule has 0 bridgehead atoms. The van der Waals surface area contributed by atoms with Crippen molar-refractivity contribution in [2.45, 2.75) is 58.1 Å². The molecule has 2 saturated heterocycles. The molecule has 3 heterocycles. The van der Waals surface area contributed by atoms with Crippen molar-refractivity contribution >= 4 is 29.9 Å². The molecule has 30 heavy (non-hydrogen) atoms. The molecule has 2 unspecified atom stereocenters. The number of nitrogens with one attached hydrogen (secondary N) is 2. The number of aryl methyl sites for hydroxylation is 1. The largest absolute Gasteiger partial charge is 0.465 e. The molecule has 2 aliphatic heterocycles. The number of hydrogen-bond donors (Lipinski definition) is 2. The highest BCUT2D eigenvalue weighted by atomic mass is 127. The highest BCUT2D eigenvalue weighted by Gasteiger charge is 2.25. The van der Waals surface area contributed by atoms with Crippen molar-refractivity contribution in [3.63, 3.8) is 0 Å². The van der Waals surface area contributed by atoms with Crippen LogP contribution < -0.4 is 10.6 Å².